The third-order valence-electron chi connectivity index (χ3n) is 6.69. The number of rotatable bonds is 8. The van der Waals surface area contributed by atoms with Crippen LogP contribution < -0.4 is 0 Å². The number of aliphatic carboxylic acids is 1. The predicted molar refractivity (Wildman–Crippen MR) is 132 cm³/mol. The number of benzene rings is 1. The fourth-order valence-electron chi connectivity index (χ4n) is 4.09. The fraction of sp³-hybridized carbons (Fsp3) is 0.522. The molecule has 0 radical (unpaired) electrons. The highest BCUT2D eigenvalue weighted by Crippen LogP contribution is 2.40. The van der Waals surface area contributed by atoms with Crippen molar-refractivity contribution in [2.45, 2.75) is 63.3 Å². The van der Waals surface area contributed by atoms with Crippen molar-refractivity contribution in [2.24, 2.45) is 5.41 Å². The number of likely N-dealkylation sites (tertiary alicyclic amines) is 1. The van der Waals surface area contributed by atoms with Gasteiger partial charge in [0.15, 0.2) is 0 Å². The molecule has 1 amide bonds. The monoisotopic (exact) mass is 528 g/mol. The maximum Gasteiger partial charge on any atom is 0.329 e. The molecule has 0 saturated carbocycles. The first kappa shape index (κ1) is 26.6. The molecule has 1 N–H and O–H groups in total. The van der Waals surface area contributed by atoms with Crippen molar-refractivity contribution in [3.8, 4) is 0 Å². The van der Waals surface area contributed by atoms with E-state index in [1.165, 1.54) is 17.9 Å². The minimum absolute atomic E-state index is 0.00302. The zero-order chi connectivity index (χ0) is 25.6. The van der Waals surface area contributed by atoms with Crippen LogP contribution in [0.15, 0.2) is 28.5 Å². The van der Waals surface area contributed by atoms with Crippen LogP contribution in [-0.4, -0.2) is 65.1 Å². The lowest BCUT2D eigenvalue weighted by atomic mass is 9.73. The average molecular weight is 529 g/mol. The number of fused-ring (bicyclic) bond motifs is 1. The van der Waals surface area contributed by atoms with Crippen LogP contribution in [0.5, 0.6) is 0 Å². The Hall–Kier alpha value is -2.01. The number of thiophene rings is 1. The molecule has 0 aliphatic carbocycles. The molecule has 11 heteroatoms. The van der Waals surface area contributed by atoms with Crippen LogP contribution in [0.3, 0.4) is 0 Å². The van der Waals surface area contributed by atoms with E-state index in [0.717, 1.165) is 15.6 Å². The van der Waals surface area contributed by atoms with Crippen LogP contribution in [0.2, 0.25) is 5.02 Å². The molecule has 0 bridgehead atoms. The van der Waals surface area contributed by atoms with Gasteiger partial charge in [-0.3, -0.25) is 9.59 Å². The van der Waals surface area contributed by atoms with E-state index in [-0.39, 0.29) is 29.4 Å². The van der Waals surface area contributed by atoms with Gasteiger partial charge in [0, 0.05) is 22.7 Å². The van der Waals surface area contributed by atoms with Crippen LogP contribution in [0.4, 0.5) is 0 Å². The Morgan fingerprint density at radius 2 is 1.88 bits per heavy atom. The quantitative estimate of drug-likeness (QED) is 0.554. The molecule has 1 aliphatic rings. The number of sulfonamides is 1. The fourth-order valence-corrected chi connectivity index (χ4v) is 7.49. The highest BCUT2D eigenvalue weighted by atomic mass is 35.5. The van der Waals surface area contributed by atoms with Crippen LogP contribution in [-0.2, 0) is 24.4 Å². The summed E-state index contributed by atoms with van der Waals surface area (Å²) in [5, 5.41) is 11.2. The minimum atomic E-state index is -4.23. The molecule has 8 nitrogen and oxygen atoms in total. The lowest BCUT2D eigenvalue weighted by molar-refractivity contribution is -0.164. The van der Waals surface area contributed by atoms with Crippen molar-refractivity contribution >= 4 is 60.7 Å². The molecule has 1 fully saturated rings. The third kappa shape index (κ3) is 4.48. The van der Waals surface area contributed by atoms with E-state index in [4.69, 9.17) is 11.6 Å². The third-order valence-corrected chi connectivity index (χ3v) is 10.3. The molecule has 3 rings (SSSR count). The Bertz CT molecular complexity index is 1250. The standard InChI is InChI=1S/C23H29ClN2O6S2/c1-6-16(27)13-26(34(31,32)19-11-14-7-8-15(24)12-18(14)33-19)17-9-10-25(20(17)28)23(5,21(29)30)22(2,3)4/h7-8,11-12,17H,6,9-10,13H2,1-5H3,(H,29,30)/t17-,23+/m0/s1. The van der Waals surface area contributed by atoms with Gasteiger partial charge >= 0.3 is 5.97 Å². The van der Waals surface area contributed by atoms with E-state index in [1.54, 1.807) is 45.9 Å². The predicted octanol–water partition coefficient (Wildman–Crippen LogP) is 4.01. The van der Waals surface area contributed by atoms with Crippen LogP contribution in [0, 0.1) is 5.41 Å². The van der Waals surface area contributed by atoms with Gasteiger partial charge in [-0.2, -0.15) is 4.31 Å². The van der Waals surface area contributed by atoms with Gasteiger partial charge < -0.3 is 10.0 Å². The molecule has 2 aromatic rings. The van der Waals surface area contributed by atoms with E-state index in [2.05, 4.69) is 0 Å². The lowest BCUT2D eigenvalue weighted by Gasteiger charge is -2.45. The summed E-state index contributed by atoms with van der Waals surface area (Å²) >= 11 is 7.05. The molecule has 0 spiro atoms. The second-order valence-corrected chi connectivity index (χ2v) is 13.2. The first-order chi connectivity index (χ1) is 15.6. The second kappa shape index (κ2) is 9.22. The molecule has 2 heterocycles. The van der Waals surface area contributed by atoms with Crippen molar-refractivity contribution in [3.63, 3.8) is 0 Å². The number of carbonyl (C=O) groups is 3. The summed E-state index contributed by atoms with van der Waals surface area (Å²) in [7, 11) is -4.23. The van der Waals surface area contributed by atoms with Crippen LogP contribution in [0.1, 0.15) is 47.5 Å². The number of hydrogen-bond donors (Lipinski definition) is 1. The Labute approximate surface area is 208 Å². The number of carboxylic acids is 1. The number of hydrogen-bond acceptors (Lipinski definition) is 6. The Morgan fingerprint density at radius 3 is 2.44 bits per heavy atom. The van der Waals surface area contributed by atoms with E-state index in [9.17, 15) is 27.9 Å². The van der Waals surface area contributed by atoms with E-state index >= 15 is 0 Å². The zero-order valence-corrected chi connectivity index (χ0v) is 22.2. The summed E-state index contributed by atoms with van der Waals surface area (Å²) in [6, 6.07) is 5.35. The van der Waals surface area contributed by atoms with Gasteiger partial charge in [0.25, 0.3) is 10.0 Å². The van der Waals surface area contributed by atoms with Crippen molar-refractivity contribution in [1.82, 2.24) is 9.21 Å². The first-order valence-electron chi connectivity index (χ1n) is 10.9. The summed E-state index contributed by atoms with van der Waals surface area (Å²) in [5.74, 6) is -2.12. The van der Waals surface area contributed by atoms with Gasteiger partial charge in [-0.1, -0.05) is 45.4 Å². The molecule has 0 unspecified atom stereocenters. The van der Waals surface area contributed by atoms with Gasteiger partial charge in [0.2, 0.25) is 5.91 Å². The molecule has 186 valence electrons. The van der Waals surface area contributed by atoms with E-state index in [0.29, 0.717) is 15.1 Å². The van der Waals surface area contributed by atoms with Crippen molar-refractivity contribution in [3.05, 3.63) is 29.3 Å². The normalized spacial score (nSPS) is 19.1. The summed E-state index contributed by atoms with van der Waals surface area (Å²) in [5.41, 5.74) is -2.38. The number of carboxylic acid groups (broad SMARTS) is 1. The number of nitrogens with zero attached hydrogens (tertiary/aromatic N) is 2. The Kier molecular flexibility index (Phi) is 7.21. The van der Waals surface area contributed by atoms with E-state index < -0.39 is 45.4 Å². The Morgan fingerprint density at radius 1 is 1.24 bits per heavy atom. The van der Waals surface area contributed by atoms with Crippen molar-refractivity contribution < 1.29 is 27.9 Å². The smallest absolute Gasteiger partial charge is 0.329 e. The molecule has 2 atom stereocenters. The highest BCUT2D eigenvalue weighted by Gasteiger charge is 2.56. The SMILES string of the molecule is CCC(=O)CN([C@H]1CCN([C@](C)(C(=O)O)C(C)(C)C)C1=O)S(=O)(=O)c1cc2ccc(Cl)cc2s1. The van der Waals surface area contributed by atoms with Crippen molar-refractivity contribution in [1.29, 1.82) is 0 Å². The van der Waals surface area contributed by atoms with Gasteiger partial charge in [-0.15, -0.1) is 11.3 Å². The van der Waals surface area contributed by atoms with Crippen molar-refractivity contribution in [2.75, 3.05) is 13.1 Å². The number of carbonyl (C=O) groups excluding carboxylic acids is 2. The molecule has 1 aliphatic heterocycles. The number of Topliss-reactive ketones (excluding diaryl/α,β-unsaturated/α-hetero) is 1. The largest absolute Gasteiger partial charge is 0.479 e. The zero-order valence-electron chi connectivity index (χ0n) is 19.8. The van der Waals surface area contributed by atoms with Crippen LogP contribution in [0.25, 0.3) is 10.1 Å². The highest BCUT2D eigenvalue weighted by molar-refractivity contribution is 7.91. The van der Waals surface area contributed by atoms with Gasteiger partial charge in [-0.25, -0.2) is 13.2 Å². The molecule has 1 saturated heterocycles. The average Bonchev–Trinajstić information content (AvgIpc) is 3.33. The first-order valence-corrected chi connectivity index (χ1v) is 13.6. The van der Waals surface area contributed by atoms with Gasteiger partial charge in [0.05, 0.1) is 6.54 Å². The molecule has 34 heavy (non-hydrogen) atoms. The topological polar surface area (TPSA) is 112 Å². The van der Waals surface area contributed by atoms with Crippen LogP contribution >= 0.6 is 22.9 Å². The number of halogens is 1. The number of amides is 1. The summed E-state index contributed by atoms with van der Waals surface area (Å²) < 4.78 is 29.0. The summed E-state index contributed by atoms with van der Waals surface area (Å²) in [6.07, 6.45) is 0.193. The molecule has 1 aromatic heterocycles. The maximum absolute atomic E-state index is 13.7. The molecule has 1 aromatic carbocycles. The van der Waals surface area contributed by atoms with Gasteiger partial charge in [0.1, 0.15) is 21.6 Å². The molecular weight excluding hydrogens is 500 g/mol. The summed E-state index contributed by atoms with van der Waals surface area (Å²) in [4.78, 5) is 39.4. The number of ketones is 1. The van der Waals surface area contributed by atoms with Gasteiger partial charge in [-0.05, 0) is 42.3 Å². The molecular formula is C23H29ClN2O6S2. The maximum atomic E-state index is 13.7. The second-order valence-electron chi connectivity index (χ2n) is 9.61. The Balaban J connectivity index is 2.06. The van der Waals surface area contributed by atoms with E-state index in [1.807, 2.05) is 0 Å². The lowest BCUT2D eigenvalue weighted by Crippen LogP contribution is -2.62. The summed E-state index contributed by atoms with van der Waals surface area (Å²) in [6.45, 7) is 7.87. The minimum Gasteiger partial charge on any atom is -0.479 e.